The maximum atomic E-state index is 6.58. The van der Waals surface area contributed by atoms with E-state index >= 15 is 0 Å². The molecule has 0 amide bonds. The molecule has 1 N–H and O–H groups in total. The lowest BCUT2D eigenvalue weighted by molar-refractivity contribution is -0.147. The summed E-state index contributed by atoms with van der Waals surface area (Å²) in [5.41, 5.74) is 1.71. The van der Waals surface area contributed by atoms with Gasteiger partial charge >= 0.3 is 0 Å². The molecule has 1 aliphatic heterocycles. The number of hydrogen-bond donors (Lipinski definition) is 1. The molecule has 1 aliphatic carbocycles. The normalized spacial score (nSPS) is 27.5. The highest BCUT2D eigenvalue weighted by molar-refractivity contribution is 5.30. The summed E-state index contributed by atoms with van der Waals surface area (Å²) in [6, 6.07) is 8.26. The molecular weight excluding hydrogens is 262 g/mol. The SMILES string of the molecule is COc1cccc(C2CNCC3(CCC(C)(C)CC3)O2)c1. The first-order valence-corrected chi connectivity index (χ1v) is 8.05. The first-order valence-electron chi connectivity index (χ1n) is 8.05. The van der Waals surface area contributed by atoms with Crippen LogP contribution in [0, 0.1) is 5.41 Å². The van der Waals surface area contributed by atoms with Crippen molar-refractivity contribution in [2.45, 2.75) is 51.2 Å². The fourth-order valence-corrected chi connectivity index (χ4v) is 3.52. The smallest absolute Gasteiger partial charge is 0.119 e. The summed E-state index contributed by atoms with van der Waals surface area (Å²) in [4.78, 5) is 0. The van der Waals surface area contributed by atoms with Crippen LogP contribution in [0.25, 0.3) is 0 Å². The number of benzene rings is 1. The summed E-state index contributed by atoms with van der Waals surface area (Å²) >= 11 is 0. The summed E-state index contributed by atoms with van der Waals surface area (Å²) in [6.07, 6.45) is 4.95. The highest BCUT2D eigenvalue weighted by Crippen LogP contribution is 2.44. The quantitative estimate of drug-likeness (QED) is 0.900. The molecule has 1 atom stereocenters. The van der Waals surface area contributed by atoms with Gasteiger partial charge in [0, 0.05) is 13.1 Å². The first-order chi connectivity index (χ1) is 10.0. The lowest BCUT2D eigenvalue weighted by atomic mass is 9.70. The van der Waals surface area contributed by atoms with Crippen LogP contribution in [-0.2, 0) is 4.74 Å². The fourth-order valence-electron chi connectivity index (χ4n) is 3.52. The molecule has 1 heterocycles. The highest BCUT2D eigenvalue weighted by atomic mass is 16.5. The zero-order chi connectivity index (χ0) is 14.9. The van der Waals surface area contributed by atoms with Crippen molar-refractivity contribution in [2.75, 3.05) is 20.2 Å². The summed E-state index contributed by atoms with van der Waals surface area (Å²) in [5.74, 6) is 0.903. The van der Waals surface area contributed by atoms with Crippen molar-refractivity contribution < 1.29 is 9.47 Å². The second-order valence-electron chi connectivity index (χ2n) is 7.36. The van der Waals surface area contributed by atoms with Gasteiger partial charge in [-0.25, -0.2) is 0 Å². The molecule has 21 heavy (non-hydrogen) atoms. The lowest BCUT2D eigenvalue weighted by Crippen LogP contribution is -2.53. The van der Waals surface area contributed by atoms with Crippen molar-refractivity contribution >= 4 is 0 Å². The van der Waals surface area contributed by atoms with E-state index < -0.39 is 0 Å². The maximum absolute atomic E-state index is 6.58. The van der Waals surface area contributed by atoms with Crippen LogP contribution in [0.1, 0.15) is 51.2 Å². The van der Waals surface area contributed by atoms with E-state index in [1.54, 1.807) is 7.11 Å². The zero-order valence-corrected chi connectivity index (χ0v) is 13.4. The van der Waals surface area contributed by atoms with Crippen molar-refractivity contribution in [1.29, 1.82) is 0 Å². The van der Waals surface area contributed by atoms with Crippen LogP contribution in [0.3, 0.4) is 0 Å². The number of rotatable bonds is 2. The van der Waals surface area contributed by atoms with Crippen LogP contribution in [0.2, 0.25) is 0 Å². The molecule has 1 unspecified atom stereocenters. The van der Waals surface area contributed by atoms with Gasteiger partial charge in [-0.05, 0) is 48.8 Å². The minimum absolute atomic E-state index is 0.0293. The molecule has 3 rings (SSSR count). The van der Waals surface area contributed by atoms with Gasteiger partial charge in [0.2, 0.25) is 0 Å². The number of nitrogens with one attached hydrogen (secondary N) is 1. The van der Waals surface area contributed by atoms with Crippen LogP contribution in [0.15, 0.2) is 24.3 Å². The van der Waals surface area contributed by atoms with Crippen LogP contribution >= 0.6 is 0 Å². The minimum Gasteiger partial charge on any atom is -0.497 e. The molecular formula is C18H27NO2. The van der Waals surface area contributed by atoms with Crippen molar-refractivity contribution in [3.8, 4) is 5.75 Å². The monoisotopic (exact) mass is 289 g/mol. The fraction of sp³-hybridized carbons (Fsp3) is 0.667. The molecule has 1 saturated carbocycles. The minimum atomic E-state index is 0.0293. The zero-order valence-electron chi connectivity index (χ0n) is 13.4. The average Bonchev–Trinajstić information content (AvgIpc) is 2.51. The predicted octanol–water partition coefficient (Wildman–Crippen LogP) is 3.70. The van der Waals surface area contributed by atoms with Gasteiger partial charge in [0.1, 0.15) is 5.75 Å². The Morgan fingerprint density at radius 2 is 1.95 bits per heavy atom. The largest absolute Gasteiger partial charge is 0.497 e. The molecule has 0 aromatic heterocycles. The van der Waals surface area contributed by atoms with Gasteiger partial charge in [-0.3, -0.25) is 0 Å². The molecule has 2 aliphatic rings. The lowest BCUT2D eigenvalue weighted by Gasteiger charge is -2.48. The molecule has 2 fully saturated rings. The van der Waals surface area contributed by atoms with E-state index in [2.05, 4.69) is 31.3 Å². The Morgan fingerprint density at radius 3 is 2.67 bits per heavy atom. The van der Waals surface area contributed by atoms with E-state index in [1.165, 1.54) is 18.4 Å². The topological polar surface area (TPSA) is 30.5 Å². The number of ether oxygens (including phenoxy) is 2. The van der Waals surface area contributed by atoms with Crippen LogP contribution in [0.4, 0.5) is 0 Å². The molecule has 0 radical (unpaired) electrons. The molecule has 3 heteroatoms. The highest BCUT2D eigenvalue weighted by Gasteiger charge is 2.42. The van der Waals surface area contributed by atoms with Gasteiger partial charge in [-0.15, -0.1) is 0 Å². The van der Waals surface area contributed by atoms with Crippen LogP contribution in [-0.4, -0.2) is 25.8 Å². The van der Waals surface area contributed by atoms with Gasteiger partial charge < -0.3 is 14.8 Å². The molecule has 3 nitrogen and oxygen atoms in total. The van der Waals surface area contributed by atoms with Gasteiger partial charge in [0.25, 0.3) is 0 Å². The third kappa shape index (κ3) is 3.24. The predicted molar refractivity (Wildman–Crippen MR) is 84.7 cm³/mol. The first kappa shape index (κ1) is 14.9. The van der Waals surface area contributed by atoms with Gasteiger partial charge in [0.15, 0.2) is 0 Å². The maximum Gasteiger partial charge on any atom is 0.119 e. The van der Waals surface area contributed by atoms with Gasteiger partial charge in [-0.2, -0.15) is 0 Å². The Labute approximate surface area is 128 Å². The summed E-state index contributed by atoms with van der Waals surface area (Å²) in [7, 11) is 1.71. The second kappa shape index (κ2) is 5.62. The average molecular weight is 289 g/mol. The number of methoxy groups -OCH3 is 1. The summed E-state index contributed by atoms with van der Waals surface area (Å²) in [6.45, 7) is 6.62. The molecule has 1 aromatic carbocycles. The van der Waals surface area contributed by atoms with E-state index in [-0.39, 0.29) is 11.7 Å². The molecule has 116 valence electrons. The van der Waals surface area contributed by atoms with Crippen molar-refractivity contribution in [3.63, 3.8) is 0 Å². The van der Waals surface area contributed by atoms with Crippen molar-refractivity contribution in [2.24, 2.45) is 5.41 Å². The second-order valence-corrected chi connectivity index (χ2v) is 7.36. The standard InChI is InChI=1S/C18H27NO2/c1-17(2)7-9-18(10-8-17)13-19-12-16(21-18)14-5-4-6-15(11-14)20-3/h4-6,11,16,19H,7-10,12-13H2,1-3H3. The Bertz CT molecular complexity index is 488. The summed E-state index contributed by atoms with van der Waals surface area (Å²) < 4.78 is 11.9. The summed E-state index contributed by atoms with van der Waals surface area (Å²) in [5, 5.41) is 3.59. The molecule has 0 bridgehead atoms. The van der Waals surface area contributed by atoms with E-state index in [0.717, 1.165) is 31.7 Å². The van der Waals surface area contributed by atoms with Gasteiger partial charge in [0.05, 0.1) is 18.8 Å². The number of hydrogen-bond acceptors (Lipinski definition) is 3. The molecule has 1 spiro atoms. The Hall–Kier alpha value is -1.06. The Morgan fingerprint density at radius 1 is 1.19 bits per heavy atom. The van der Waals surface area contributed by atoms with E-state index in [1.807, 2.05) is 12.1 Å². The van der Waals surface area contributed by atoms with Crippen molar-refractivity contribution in [1.82, 2.24) is 5.32 Å². The third-order valence-corrected chi connectivity index (χ3v) is 5.15. The van der Waals surface area contributed by atoms with Crippen LogP contribution < -0.4 is 10.1 Å². The van der Waals surface area contributed by atoms with E-state index in [4.69, 9.17) is 9.47 Å². The molecule has 1 aromatic rings. The number of morpholine rings is 1. The third-order valence-electron chi connectivity index (χ3n) is 5.15. The molecule has 1 saturated heterocycles. The van der Waals surface area contributed by atoms with E-state index in [9.17, 15) is 0 Å². The van der Waals surface area contributed by atoms with E-state index in [0.29, 0.717) is 5.41 Å². The Balaban J connectivity index is 1.74. The Kier molecular flexibility index (Phi) is 3.98. The van der Waals surface area contributed by atoms with Crippen LogP contribution in [0.5, 0.6) is 5.75 Å². The van der Waals surface area contributed by atoms with Crippen molar-refractivity contribution in [3.05, 3.63) is 29.8 Å². The van der Waals surface area contributed by atoms with Gasteiger partial charge in [-0.1, -0.05) is 26.0 Å².